The van der Waals surface area contributed by atoms with Crippen LogP contribution in [0.4, 0.5) is 0 Å². The Bertz CT molecular complexity index is 328. The SMILES string of the molecule is CC(C)(C)C1CCN(Cc2ccccc2)CC1. The lowest BCUT2D eigenvalue weighted by molar-refractivity contribution is 0.108. The predicted octanol–water partition coefficient (Wildman–Crippen LogP) is 3.94. The summed E-state index contributed by atoms with van der Waals surface area (Å²) in [6.45, 7) is 10.8. The highest BCUT2D eigenvalue weighted by atomic mass is 15.1. The van der Waals surface area contributed by atoms with Gasteiger partial charge in [-0.25, -0.2) is 0 Å². The van der Waals surface area contributed by atoms with Crippen molar-refractivity contribution in [2.75, 3.05) is 13.1 Å². The van der Waals surface area contributed by atoms with Gasteiger partial charge in [0.15, 0.2) is 0 Å². The minimum Gasteiger partial charge on any atom is -0.299 e. The van der Waals surface area contributed by atoms with Crippen molar-refractivity contribution in [3.63, 3.8) is 0 Å². The van der Waals surface area contributed by atoms with Gasteiger partial charge < -0.3 is 0 Å². The van der Waals surface area contributed by atoms with E-state index >= 15 is 0 Å². The van der Waals surface area contributed by atoms with E-state index < -0.39 is 0 Å². The highest BCUT2D eigenvalue weighted by Gasteiger charge is 2.28. The van der Waals surface area contributed by atoms with Gasteiger partial charge in [0.25, 0.3) is 0 Å². The molecule has 94 valence electrons. The summed E-state index contributed by atoms with van der Waals surface area (Å²) in [6, 6.07) is 10.8. The Morgan fingerprint density at radius 2 is 1.65 bits per heavy atom. The zero-order valence-corrected chi connectivity index (χ0v) is 11.4. The molecule has 0 amide bonds. The third-order valence-corrected chi connectivity index (χ3v) is 4.06. The van der Waals surface area contributed by atoms with E-state index in [0.717, 1.165) is 12.5 Å². The van der Waals surface area contributed by atoms with Crippen molar-refractivity contribution in [1.29, 1.82) is 0 Å². The summed E-state index contributed by atoms with van der Waals surface area (Å²) >= 11 is 0. The third kappa shape index (κ3) is 3.57. The van der Waals surface area contributed by atoms with Crippen molar-refractivity contribution >= 4 is 0 Å². The maximum atomic E-state index is 2.59. The van der Waals surface area contributed by atoms with Gasteiger partial charge in [0, 0.05) is 6.54 Å². The van der Waals surface area contributed by atoms with Gasteiger partial charge in [-0.3, -0.25) is 4.90 Å². The number of rotatable bonds is 2. The molecular formula is C16H25N. The second-order valence-electron chi connectivity index (χ2n) is 6.40. The van der Waals surface area contributed by atoms with Crippen LogP contribution in [0.25, 0.3) is 0 Å². The summed E-state index contributed by atoms with van der Waals surface area (Å²) in [4.78, 5) is 2.59. The van der Waals surface area contributed by atoms with Crippen LogP contribution < -0.4 is 0 Å². The smallest absolute Gasteiger partial charge is 0.0233 e. The molecule has 0 radical (unpaired) electrons. The molecule has 0 atom stereocenters. The normalized spacial score (nSPS) is 19.5. The average Bonchev–Trinajstić information content (AvgIpc) is 2.30. The lowest BCUT2D eigenvalue weighted by atomic mass is 9.75. The molecule has 1 heteroatoms. The Hall–Kier alpha value is -0.820. The Morgan fingerprint density at radius 1 is 1.06 bits per heavy atom. The highest BCUT2D eigenvalue weighted by Crippen LogP contribution is 2.34. The minimum absolute atomic E-state index is 0.485. The summed E-state index contributed by atoms with van der Waals surface area (Å²) in [5, 5.41) is 0. The molecule has 0 saturated carbocycles. The Kier molecular flexibility index (Phi) is 3.88. The molecular weight excluding hydrogens is 206 g/mol. The van der Waals surface area contributed by atoms with E-state index in [4.69, 9.17) is 0 Å². The largest absolute Gasteiger partial charge is 0.299 e. The molecule has 0 spiro atoms. The van der Waals surface area contributed by atoms with Crippen LogP contribution in [0.1, 0.15) is 39.2 Å². The van der Waals surface area contributed by atoms with Crippen LogP contribution in [0.2, 0.25) is 0 Å². The molecule has 1 nitrogen and oxygen atoms in total. The molecule has 0 bridgehead atoms. The van der Waals surface area contributed by atoms with Crippen LogP contribution >= 0.6 is 0 Å². The van der Waals surface area contributed by atoms with Crippen LogP contribution in [0.3, 0.4) is 0 Å². The van der Waals surface area contributed by atoms with Gasteiger partial charge in [0.05, 0.1) is 0 Å². The molecule has 0 N–H and O–H groups in total. The second kappa shape index (κ2) is 5.22. The summed E-state index contributed by atoms with van der Waals surface area (Å²) in [5.41, 5.74) is 1.93. The zero-order chi connectivity index (χ0) is 12.3. The first-order valence-corrected chi connectivity index (χ1v) is 6.82. The maximum Gasteiger partial charge on any atom is 0.0233 e. The number of benzene rings is 1. The quantitative estimate of drug-likeness (QED) is 0.745. The summed E-state index contributed by atoms with van der Waals surface area (Å²) in [7, 11) is 0. The van der Waals surface area contributed by atoms with Crippen LogP contribution in [0.5, 0.6) is 0 Å². The number of hydrogen-bond acceptors (Lipinski definition) is 1. The van der Waals surface area contributed by atoms with Gasteiger partial charge in [-0.2, -0.15) is 0 Å². The minimum atomic E-state index is 0.485. The molecule has 1 fully saturated rings. The van der Waals surface area contributed by atoms with Crippen LogP contribution in [0, 0.1) is 11.3 Å². The molecule has 2 rings (SSSR count). The molecule has 1 aromatic rings. The molecule has 0 aliphatic carbocycles. The maximum absolute atomic E-state index is 2.59. The number of piperidine rings is 1. The van der Waals surface area contributed by atoms with Crippen molar-refractivity contribution in [2.24, 2.45) is 11.3 Å². The van der Waals surface area contributed by atoms with Crippen molar-refractivity contribution in [1.82, 2.24) is 4.90 Å². The van der Waals surface area contributed by atoms with Gasteiger partial charge in [0.2, 0.25) is 0 Å². The van der Waals surface area contributed by atoms with Gasteiger partial charge in [-0.05, 0) is 42.8 Å². The van der Waals surface area contributed by atoms with E-state index in [1.807, 2.05) is 0 Å². The highest BCUT2D eigenvalue weighted by molar-refractivity contribution is 5.14. The van der Waals surface area contributed by atoms with Gasteiger partial charge in [-0.15, -0.1) is 0 Å². The van der Waals surface area contributed by atoms with Crippen molar-refractivity contribution in [3.05, 3.63) is 35.9 Å². The van der Waals surface area contributed by atoms with E-state index in [1.54, 1.807) is 0 Å². The summed E-state index contributed by atoms with van der Waals surface area (Å²) in [6.07, 6.45) is 2.71. The zero-order valence-electron chi connectivity index (χ0n) is 11.4. The fourth-order valence-corrected chi connectivity index (χ4v) is 2.80. The molecule has 1 saturated heterocycles. The van der Waals surface area contributed by atoms with Crippen LogP contribution in [0.15, 0.2) is 30.3 Å². The monoisotopic (exact) mass is 231 g/mol. The Morgan fingerprint density at radius 3 is 2.18 bits per heavy atom. The lowest BCUT2D eigenvalue weighted by Crippen LogP contribution is -2.37. The van der Waals surface area contributed by atoms with E-state index in [2.05, 4.69) is 56.0 Å². The fraction of sp³-hybridized carbons (Fsp3) is 0.625. The van der Waals surface area contributed by atoms with E-state index in [1.165, 1.54) is 31.5 Å². The first-order chi connectivity index (χ1) is 8.05. The number of likely N-dealkylation sites (tertiary alicyclic amines) is 1. The summed E-state index contributed by atoms with van der Waals surface area (Å²) < 4.78 is 0. The summed E-state index contributed by atoms with van der Waals surface area (Å²) in [5.74, 6) is 0.898. The van der Waals surface area contributed by atoms with E-state index in [-0.39, 0.29) is 0 Å². The van der Waals surface area contributed by atoms with Crippen molar-refractivity contribution in [3.8, 4) is 0 Å². The molecule has 17 heavy (non-hydrogen) atoms. The molecule has 0 aromatic heterocycles. The molecule has 1 aromatic carbocycles. The first-order valence-electron chi connectivity index (χ1n) is 6.82. The molecule has 1 aliphatic heterocycles. The third-order valence-electron chi connectivity index (χ3n) is 4.06. The Balaban J connectivity index is 1.84. The first kappa shape index (κ1) is 12.6. The van der Waals surface area contributed by atoms with Crippen molar-refractivity contribution < 1.29 is 0 Å². The number of nitrogens with zero attached hydrogens (tertiary/aromatic N) is 1. The lowest BCUT2D eigenvalue weighted by Gasteiger charge is -2.38. The van der Waals surface area contributed by atoms with Gasteiger partial charge in [-0.1, -0.05) is 51.1 Å². The molecule has 0 unspecified atom stereocenters. The van der Waals surface area contributed by atoms with E-state index in [9.17, 15) is 0 Å². The predicted molar refractivity (Wildman–Crippen MR) is 73.9 cm³/mol. The second-order valence-corrected chi connectivity index (χ2v) is 6.40. The van der Waals surface area contributed by atoms with E-state index in [0.29, 0.717) is 5.41 Å². The van der Waals surface area contributed by atoms with Crippen molar-refractivity contribution in [2.45, 2.75) is 40.2 Å². The topological polar surface area (TPSA) is 3.24 Å². The van der Waals surface area contributed by atoms with Crippen LogP contribution in [-0.4, -0.2) is 18.0 Å². The molecule has 1 heterocycles. The molecule has 1 aliphatic rings. The average molecular weight is 231 g/mol. The standard InChI is InChI=1S/C16H25N/c1-16(2,3)15-9-11-17(12-10-15)13-14-7-5-4-6-8-14/h4-8,15H,9-13H2,1-3H3. The van der Waals surface area contributed by atoms with Crippen LogP contribution in [-0.2, 0) is 6.54 Å². The number of hydrogen-bond donors (Lipinski definition) is 0. The van der Waals surface area contributed by atoms with Gasteiger partial charge in [0.1, 0.15) is 0 Å². The van der Waals surface area contributed by atoms with Gasteiger partial charge >= 0.3 is 0 Å². The Labute approximate surface area is 106 Å². The fourth-order valence-electron chi connectivity index (χ4n) is 2.80.